The monoisotopic (exact) mass is 243 g/mol. The number of nitrogens with one attached hydrogen (secondary N) is 1. The quantitative estimate of drug-likeness (QED) is 0.881. The van der Waals surface area contributed by atoms with Crippen molar-refractivity contribution in [3.8, 4) is 0 Å². The van der Waals surface area contributed by atoms with Crippen LogP contribution in [0, 0.1) is 12.8 Å². The van der Waals surface area contributed by atoms with Crippen LogP contribution >= 0.6 is 0 Å². The van der Waals surface area contributed by atoms with Crippen LogP contribution in [0.1, 0.15) is 25.1 Å². The number of amides is 1. The number of aromatic nitrogens is 2. The van der Waals surface area contributed by atoms with Gasteiger partial charge in [-0.2, -0.15) is 0 Å². The molecule has 4 nitrogen and oxygen atoms in total. The van der Waals surface area contributed by atoms with Gasteiger partial charge in [-0.1, -0.05) is 6.42 Å². The second-order valence-corrected chi connectivity index (χ2v) is 5.04. The Kier molecular flexibility index (Phi) is 2.58. The first-order valence-electron chi connectivity index (χ1n) is 6.39. The van der Waals surface area contributed by atoms with Gasteiger partial charge in [0.2, 0.25) is 5.91 Å². The first-order chi connectivity index (χ1) is 8.65. The number of imidazole rings is 1. The zero-order valence-electron chi connectivity index (χ0n) is 10.7. The summed E-state index contributed by atoms with van der Waals surface area (Å²) in [5.41, 5.74) is 2.87. The van der Waals surface area contributed by atoms with Crippen LogP contribution in [0.5, 0.6) is 0 Å². The average Bonchev–Trinajstić information content (AvgIpc) is 2.52. The van der Waals surface area contributed by atoms with Crippen LogP contribution < -0.4 is 5.32 Å². The molecule has 2 aromatic rings. The molecular formula is C14H17N3O. The summed E-state index contributed by atoms with van der Waals surface area (Å²) in [6, 6.07) is 5.89. The molecule has 0 bridgehead atoms. The summed E-state index contributed by atoms with van der Waals surface area (Å²) in [7, 11) is 2.00. The van der Waals surface area contributed by atoms with Gasteiger partial charge in [0.15, 0.2) is 0 Å². The van der Waals surface area contributed by atoms with Crippen molar-refractivity contribution in [2.24, 2.45) is 13.0 Å². The lowest BCUT2D eigenvalue weighted by Crippen LogP contribution is -2.27. The Labute approximate surface area is 106 Å². The second kappa shape index (κ2) is 4.12. The van der Waals surface area contributed by atoms with Gasteiger partial charge in [0.25, 0.3) is 0 Å². The molecular weight excluding hydrogens is 226 g/mol. The third-order valence-electron chi connectivity index (χ3n) is 3.85. The van der Waals surface area contributed by atoms with Crippen LogP contribution in [0.25, 0.3) is 11.0 Å². The predicted octanol–water partition coefficient (Wildman–Crippen LogP) is 2.62. The van der Waals surface area contributed by atoms with Crippen molar-refractivity contribution >= 4 is 22.6 Å². The smallest absolute Gasteiger partial charge is 0.227 e. The summed E-state index contributed by atoms with van der Waals surface area (Å²) in [6.07, 6.45) is 3.23. The lowest BCUT2D eigenvalue weighted by atomic mass is 9.85. The first kappa shape index (κ1) is 11.3. The number of nitrogens with zero attached hydrogens (tertiary/aromatic N) is 2. The van der Waals surface area contributed by atoms with Crippen molar-refractivity contribution in [3.05, 3.63) is 24.0 Å². The summed E-state index contributed by atoms with van der Waals surface area (Å²) < 4.78 is 2.05. The largest absolute Gasteiger partial charge is 0.331 e. The number of carbonyl (C=O) groups excluding carboxylic acids is 1. The normalized spacial score (nSPS) is 15.7. The van der Waals surface area contributed by atoms with Crippen LogP contribution in [-0.2, 0) is 11.8 Å². The van der Waals surface area contributed by atoms with E-state index < -0.39 is 0 Å². The Hall–Kier alpha value is -1.84. The SMILES string of the molecule is Cc1nc2cc(NC(=O)C3CCC3)ccc2n1C. The topological polar surface area (TPSA) is 46.9 Å². The van der Waals surface area contributed by atoms with Crippen LogP contribution in [-0.4, -0.2) is 15.5 Å². The molecule has 1 amide bonds. The van der Waals surface area contributed by atoms with E-state index in [2.05, 4.69) is 10.3 Å². The number of benzene rings is 1. The van der Waals surface area contributed by atoms with Crippen molar-refractivity contribution in [1.82, 2.24) is 9.55 Å². The van der Waals surface area contributed by atoms with Gasteiger partial charge in [-0.15, -0.1) is 0 Å². The van der Waals surface area contributed by atoms with E-state index >= 15 is 0 Å². The van der Waals surface area contributed by atoms with Crippen LogP contribution in [0.2, 0.25) is 0 Å². The maximum Gasteiger partial charge on any atom is 0.227 e. The number of anilines is 1. The molecule has 94 valence electrons. The van der Waals surface area contributed by atoms with E-state index in [1.807, 2.05) is 36.7 Å². The summed E-state index contributed by atoms with van der Waals surface area (Å²) >= 11 is 0. The molecule has 3 rings (SSSR count). The minimum atomic E-state index is 0.147. The van der Waals surface area contributed by atoms with Crippen molar-refractivity contribution < 1.29 is 4.79 Å². The molecule has 1 aromatic heterocycles. The molecule has 1 heterocycles. The van der Waals surface area contributed by atoms with Crippen LogP contribution in [0.4, 0.5) is 5.69 Å². The second-order valence-electron chi connectivity index (χ2n) is 5.04. The molecule has 1 aliphatic carbocycles. The zero-order chi connectivity index (χ0) is 12.7. The number of carbonyl (C=O) groups is 1. The molecule has 1 fully saturated rings. The third kappa shape index (κ3) is 1.78. The van der Waals surface area contributed by atoms with Gasteiger partial charge < -0.3 is 9.88 Å². The fourth-order valence-corrected chi connectivity index (χ4v) is 2.31. The van der Waals surface area contributed by atoms with Gasteiger partial charge >= 0.3 is 0 Å². The van der Waals surface area contributed by atoms with E-state index in [0.29, 0.717) is 0 Å². The van der Waals surface area contributed by atoms with E-state index in [9.17, 15) is 4.79 Å². The molecule has 0 atom stereocenters. The fraction of sp³-hybridized carbons (Fsp3) is 0.429. The van der Waals surface area contributed by atoms with Crippen LogP contribution in [0.3, 0.4) is 0 Å². The van der Waals surface area contributed by atoms with Crippen molar-refractivity contribution in [3.63, 3.8) is 0 Å². The number of hydrogen-bond donors (Lipinski definition) is 1. The maximum atomic E-state index is 11.9. The molecule has 1 saturated carbocycles. The molecule has 1 N–H and O–H groups in total. The Morgan fingerprint density at radius 2 is 2.22 bits per heavy atom. The fourth-order valence-electron chi connectivity index (χ4n) is 2.31. The highest BCUT2D eigenvalue weighted by Crippen LogP contribution is 2.28. The Morgan fingerprint density at radius 1 is 1.44 bits per heavy atom. The zero-order valence-corrected chi connectivity index (χ0v) is 10.7. The van der Waals surface area contributed by atoms with Gasteiger partial charge in [0, 0.05) is 18.7 Å². The molecule has 1 aromatic carbocycles. The van der Waals surface area contributed by atoms with Gasteiger partial charge in [-0.05, 0) is 38.0 Å². The molecule has 4 heteroatoms. The Balaban J connectivity index is 1.86. The van der Waals surface area contributed by atoms with Crippen molar-refractivity contribution in [1.29, 1.82) is 0 Å². The van der Waals surface area contributed by atoms with Crippen molar-refractivity contribution in [2.45, 2.75) is 26.2 Å². The highest BCUT2D eigenvalue weighted by atomic mass is 16.1. The van der Waals surface area contributed by atoms with E-state index in [4.69, 9.17) is 0 Å². The number of aryl methyl sites for hydroxylation is 2. The van der Waals surface area contributed by atoms with E-state index in [0.717, 1.165) is 35.4 Å². The van der Waals surface area contributed by atoms with Gasteiger partial charge in [0.05, 0.1) is 11.0 Å². The summed E-state index contributed by atoms with van der Waals surface area (Å²) in [5.74, 6) is 1.34. The highest BCUT2D eigenvalue weighted by molar-refractivity contribution is 5.94. The number of rotatable bonds is 2. The number of hydrogen-bond acceptors (Lipinski definition) is 2. The first-order valence-corrected chi connectivity index (χ1v) is 6.39. The molecule has 0 radical (unpaired) electrons. The minimum Gasteiger partial charge on any atom is -0.331 e. The molecule has 18 heavy (non-hydrogen) atoms. The Bertz CT molecular complexity index is 611. The average molecular weight is 243 g/mol. The van der Waals surface area contributed by atoms with Crippen LogP contribution in [0.15, 0.2) is 18.2 Å². The van der Waals surface area contributed by atoms with Crippen molar-refractivity contribution in [2.75, 3.05) is 5.32 Å². The molecule has 0 spiro atoms. The van der Waals surface area contributed by atoms with Gasteiger partial charge in [0.1, 0.15) is 5.82 Å². The molecule has 0 saturated heterocycles. The highest BCUT2D eigenvalue weighted by Gasteiger charge is 2.25. The Morgan fingerprint density at radius 3 is 2.89 bits per heavy atom. The van der Waals surface area contributed by atoms with E-state index in [1.54, 1.807) is 0 Å². The van der Waals surface area contributed by atoms with Gasteiger partial charge in [-0.25, -0.2) is 4.98 Å². The molecule has 0 unspecified atom stereocenters. The minimum absolute atomic E-state index is 0.147. The van der Waals surface area contributed by atoms with E-state index in [-0.39, 0.29) is 11.8 Å². The summed E-state index contributed by atoms with van der Waals surface area (Å²) in [5, 5.41) is 2.98. The molecule has 1 aliphatic rings. The third-order valence-corrected chi connectivity index (χ3v) is 3.85. The summed E-state index contributed by atoms with van der Waals surface area (Å²) in [4.78, 5) is 16.3. The standard InChI is InChI=1S/C14H17N3O/c1-9-15-12-8-11(6-7-13(12)17(9)2)16-14(18)10-4-3-5-10/h6-8,10H,3-5H2,1-2H3,(H,16,18). The molecule has 0 aliphatic heterocycles. The maximum absolute atomic E-state index is 11.9. The lowest BCUT2D eigenvalue weighted by molar-refractivity contribution is -0.122. The number of fused-ring (bicyclic) bond motifs is 1. The predicted molar refractivity (Wildman–Crippen MR) is 71.4 cm³/mol. The van der Waals surface area contributed by atoms with Gasteiger partial charge in [-0.3, -0.25) is 4.79 Å². The van der Waals surface area contributed by atoms with E-state index in [1.165, 1.54) is 6.42 Å². The summed E-state index contributed by atoms with van der Waals surface area (Å²) in [6.45, 7) is 1.98. The lowest BCUT2D eigenvalue weighted by Gasteiger charge is -2.24.